The van der Waals surface area contributed by atoms with Gasteiger partial charge < -0.3 is 0 Å². The van der Waals surface area contributed by atoms with Crippen molar-refractivity contribution >= 4 is 0 Å². The molecule has 13 nitrogen and oxygen atoms in total. The normalized spacial score (nSPS) is 13.0. The van der Waals surface area contributed by atoms with Gasteiger partial charge >= 0.3 is 0 Å². The molecule has 8 aromatic rings. The maximum absolute atomic E-state index is 4.60. The number of pyridine rings is 3. The summed E-state index contributed by atoms with van der Waals surface area (Å²) in [5.41, 5.74) is 21.1. The van der Waals surface area contributed by atoms with E-state index in [0.717, 1.165) is 45.7 Å². The number of nitrogens with zero attached hydrogens (tertiary/aromatic N) is 13. The van der Waals surface area contributed by atoms with Gasteiger partial charge in [-0.05, 0) is 138 Å². The number of hydrogen-bond acceptors (Lipinski definition) is 13. The lowest BCUT2D eigenvalue weighted by Crippen LogP contribution is -2.21. The fourth-order valence-electron chi connectivity index (χ4n) is 10.1. The van der Waals surface area contributed by atoms with E-state index in [1.54, 1.807) is 6.33 Å². The zero-order valence-electron chi connectivity index (χ0n) is 81.7. The van der Waals surface area contributed by atoms with Crippen LogP contribution >= 0.6 is 0 Å². The number of aryl methyl sites for hydroxylation is 1. The first-order valence-electron chi connectivity index (χ1n) is 41.2. The molecule has 0 radical (unpaired) electrons. The standard InChI is InChI=1S/C13H22N2.3C13H21N.4C12H20N2/c1-9-10(12(2,3)4)8-11(15-14-9)13(5,6)7;1-12(2,3)10-7-11(9-14-8-10)13(4,5)6;2*1-12(2,3)10-7-8-14-11(9-10)13(4,5)6;1-11(2,3)9-7-10(12(4,5)6)14-8-13-9;2*1-11(2,3)9-7-10(12(4,5)6)14-13-8-9;1-11(2,3)9-7-8-13-10(14-9)12(4,5)6/h8H,1-7H3;3*7-9H,1-6H3;4*7-8H,1-6H3. The Morgan fingerprint density at radius 3 is 0.761 bits per heavy atom. The molecule has 0 spiro atoms. The van der Waals surface area contributed by atoms with Gasteiger partial charge in [-0.15, -0.1) is 0 Å². The van der Waals surface area contributed by atoms with Gasteiger partial charge in [-0.25, -0.2) is 19.9 Å². The highest BCUT2D eigenvalue weighted by atomic mass is 15.1. The third kappa shape index (κ3) is 37.6. The van der Waals surface area contributed by atoms with Crippen molar-refractivity contribution in [3.63, 3.8) is 0 Å². The lowest BCUT2D eigenvalue weighted by Gasteiger charge is -2.24. The third-order valence-electron chi connectivity index (χ3n) is 18.7. The Hall–Kier alpha value is -7.15. The minimum absolute atomic E-state index is 0.0290. The number of aromatic nitrogens is 13. The maximum atomic E-state index is 4.60. The van der Waals surface area contributed by atoms with Crippen molar-refractivity contribution in [1.29, 1.82) is 0 Å². The summed E-state index contributed by atoms with van der Waals surface area (Å²) >= 11 is 0. The van der Waals surface area contributed by atoms with Crippen LogP contribution in [0.1, 0.15) is 428 Å². The lowest BCUT2D eigenvalue weighted by molar-refractivity contribution is 0.513. The zero-order valence-corrected chi connectivity index (χ0v) is 81.7. The third-order valence-corrected chi connectivity index (χ3v) is 18.7. The molecule has 0 aliphatic rings. The quantitative estimate of drug-likeness (QED) is 0.141. The van der Waals surface area contributed by atoms with E-state index in [1.165, 1.54) is 50.3 Å². The van der Waals surface area contributed by atoms with Gasteiger partial charge in [-0.3, -0.25) is 15.0 Å². The topological polar surface area (TPSA) is 168 Å². The summed E-state index contributed by atoms with van der Waals surface area (Å²) in [4.78, 5) is 30.7. The Bertz CT molecular complexity index is 3330. The summed E-state index contributed by atoms with van der Waals surface area (Å²) in [5.74, 6) is 0.921. The van der Waals surface area contributed by atoms with E-state index in [2.05, 4.69) is 452 Å². The average Bonchev–Trinajstić information content (AvgIpc) is 0.808. The Morgan fingerprint density at radius 2 is 0.478 bits per heavy atom. The Labute approximate surface area is 693 Å². The van der Waals surface area contributed by atoms with Crippen LogP contribution in [0.5, 0.6) is 0 Å². The molecule has 8 rings (SSSR count). The molecule has 8 aromatic heterocycles. The van der Waals surface area contributed by atoms with E-state index < -0.39 is 0 Å². The monoisotopic (exact) mass is 1550 g/mol. The predicted octanol–water partition coefficient (Wildman–Crippen LogP) is 26.7. The van der Waals surface area contributed by atoms with Gasteiger partial charge in [0.15, 0.2) is 0 Å². The molecule has 0 amide bonds. The van der Waals surface area contributed by atoms with E-state index in [0.29, 0.717) is 0 Å². The molecule has 0 aliphatic heterocycles. The average molecular weight is 1550 g/mol. The van der Waals surface area contributed by atoms with E-state index in [-0.39, 0.29) is 86.6 Å². The van der Waals surface area contributed by atoms with Gasteiger partial charge in [0, 0.05) is 108 Å². The Balaban J connectivity index is 0.000000646. The molecule has 0 unspecified atom stereocenters. The molecule has 0 saturated carbocycles. The van der Waals surface area contributed by atoms with Crippen molar-refractivity contribution in [2.45, 2.75) is 426 Å². The summed E-state index contributed by atoms with van der Waals surface area (Å²) in [5, 5.41) is 25.0. The highest BCUT2D eigenvalue weighted by Crippen LogP contribution is 2.34. The van der Waals surface area contributed by atoms with Crippen LogP contribution in [-0.2, 0) is 86.6 Å². The molecule has 0 atom stereocenters. The molecule has 0 aromatic carbocycles. The first kappa shape index (κ1) is 104. The van der Waals surface area contributed by atoms with E-state index in [1.807, 2.05) is 56.4 Å². The van der Waals surface area contributed by atoms with Gasteiger partial charge in [-0.1, -0.05) is 338 Å². The molecule has 0 fully saturated rings. The number of rotatable bonds is 0. The van der Waals surface area contributed by atoms with Crippen LogP contribution in [-0.4, -0.2) is 65.5 Å². The SMILES string of the molecule is CC(C)(C)c1cc(C(C)(C)C)ncn1.CC(C)(C)c1ccnc(C(C)(C)C)c1.CC(C)(C)c1ccnc(C(C)(C)C)c1.CC(C)(C)c1ccnc(C(C)(C)C)n1.CC(C)(C)c1cncc(C(C)(C)C)c1.CC(C)(C)c1cnnc(C(C)(C)C)c1.CC(C)(C)c1cnnc(C(C)(C)C)c1.Cc1nnc(C(C)(C)C)cc1C(C)(C)C. The van der Waals surface area contributed by atoms with Crippen LogP contribution in [0, 0.1) is 6.92 Å². The van der Waals surface area contributed by atoms with Crippen LogP contribution < -0.4 is 0 Å². The Kier molecular flexibility index (Phi) is 35.6. The fraction of sp³-hybridized carbons (Fsp3) is 0.650. The second-order valence-electron chi connectivity index (χ2n) is 47.3. The van der Waals surface area contributed by atoms with Crippen LogP contribution in [0.3, 0.4) is 0 Å². The smallest absolute Gasteiger partial charge is 0.133 e. The molecule has 630 valence electrons. The fourth-order valence-corrected chi connectivity index (χ4v) is 10.1. The van der Waals surface area contributed by atoms with Crippen molar-refractivity contribution in [2.24, 2.45) is 0 Å². The van der Waals surface area contributed by atoms with E-state index in [4.69, 9.17) is 0 Å². The highest BCUT2D eigenvalue weighted by Gasteiger charge is 2.29. The molecule has 0 aliphatic carbocycles. The van der Waals surface area contributed by atoms with Crippen molar-refractivity contribution in [1.82, 2.24) is 65.5 Å². The summed E-state index contributed by atoms with van der Waals surface area (Å²) in [7, 11) is 0. The summed E-state index contributed by atoms with van der Waals surface area (Å²) in [6.07, 6.45) is 15.0. The number of hydrogen-bond donors (Lipinski definition) is 0. The second kappa shape index (κ2) is 38.7. The zero-order chi connectivity index (χ0) is 88.7. The molecule has 8 heterocycles. The molecular weight excluding hydrogens is 1380 g/mol. The predicted molar refractivity (Wildman–Crippen MR) is 487 cm³/mol. The summed E-state index contributed by atoms with van der Waals surface area (Å²) in [6, 6.07) is 21.6. The van der Waals surface area contributed by atoms with Crippen molar-refractivity contribution in [2.75, 3.05) is 0 Å². The first-order valence-corrected chi connectivity index (χ1v) is 41.2. The van der Waals surface area contributed by atoms with Crippen LogP contribution in [0.15, 0.2) is 110 Å². The molecule has 0 saturated heterocycles. The van der Waals surface area contributed by atoms with Crippen molar-refractivity contribution in [3.8, 4) is 0 Å². The lowest BCUT2D eigenvalue weighted by atomic mass is 9.82. The summed E-state index contributed by atoms with van der Waals surface area (Å²) in [6.45, 7) is 107. The molecule has 113 heavy (non-hydrogen) atoms. The second-order valence-corrected chi connectivity index (χ2v) is 47.3. The van der Waals surface area contributed by atoms with Crippen LogP contribution in [0.2, 0.25) is 0 Å². The van der Waals surface area contributed by atoms with Gasteiger partial charge in [0.1, 0.15) is 12.2 Å². The highest BCUT2D eigenvalue weighted by molar-refractivity contribution is 5.33. The molecule has 13 heteroatoms. The first-order chi connectivity index (χ1) is 50.1. The molecule has 0 bridgehead atoms. The minimum atomic E-state index is 0.0290. The van der Waals surface area contributed by atoms with Crippen molar-refractivity contribution in [3.05, 3.63) is 206 Å². The van der Waals surface area contributed by atoms with Crippen LogP contribution in [0.25, 0.3) is 0 Å². The summed E-state index contributed by atoms with van der Waals surface area (Å²) < 4.78 is 0. The van der Waals surface area contributed by atoms with E-state index in [9.17, 15) is 0 Å². The van der Waals surface area contributed by atoms with Gasteiger partial charge in [0.05, 0.1) is 35.2 Å². The minimum Gasteiger partial charge on any atom is -0.264 e. The van der Waals surface area contributed by atoms with Crippen LogP contribution in [0.4, 0.5) is 0 Å². The van der Waals surface area contributed by atoms with Gasteiger partial charge in [0.25, 0.3) is 0 Å². The van der Waals surface area contributed by atoms with Gasteiger partial charge in [0.2, 0.25) is 0 Å². The van der Waals surface area contributed by atoms with E-state index >= 15 is 0 Å². The maximum Gasteiger partial charge on any atom is 0.133 e. The largest absolute Gasteiger partial charge is 0.264 e. The molecule has 0 N–H and O–H groups in total. The molecular formula is C100H165N13. The van der Waals surface area contributed by atoms with Gasteiger partial charge in [-0.2, -0.15) is 30.6 Å². The Morgan fingerprint density at radius 1 is 0.204 bits per heavy atom. The van der Waals surface area contributed by atoms with Crippen molar-refractivity contribution < 1.29 is 0 Å².